The number of halogens is 2. The number of alkyl halides is 1. The van der Waals surface area contributed by atoms with E-state index in [1.165, 1.54) is 11.1 Å². The molecule has 31 heavy (non-hydrogen) atoms. The smallest absolute Gasteiger partial charge is 0.181 e. The second-order valence-corrected chi connectivity index (χ2v) is 9.38. The molecule has 1 aliphatic heterocycles. The minimum absolute atomic E-state index is 0.106. The number of likely N-dealkylation sites (tertiary alicyclic amines) is 1. The van der Waals surface area contributed by atoms with E-state index in [4.69, 9.17) is 11.6 Å². The molecule has 160 valence electrons. The molecule has 0 N–H and O–H groups in total. The van der Waals surface area contributed by atoms with Crippen LogP contribution in [-0.2, 0) is 25.1 Å². The van der Waals surface area contributed by atoms with E-state index < -0.39 is 5.67 Å². The van der Waals surface area contributed by atoms with E-state index >= 15 is 4.39 Å². The molecule has 3 aromatic rings. The minimum atomic E-state index is -1.58. The van der Waals surface area contributed by atoms with E-state index in [1.54, 1.807) is 6.20 Å². The Morgan fingerprint density at radius 3 is 2.71 bits per heavy atom. The first kappa shape index (κ1) is 20.6. The molecule has 1 aromatic carbocycles. The van der Waals surface area contributed by atoms with Crippen LogP contribution < -0.4 is 0 Å². The maximum absolute atomic E-state index is 17.3. The molecular formula is C26H27ClFN3. The molecule has 1 atom stereocenters. The molecule has 0 bridgehead atoms. The van der Waals surface area contributed by atoms with Crippen LogP contribution in [0.4, 0.5) is 4.39 Å². The van der Waals surface area contributed by atoms with Crippen LogP contribution in [0, 0.1) is 12.8 Å². The van der Waals surface area contributed by atoms with Crippen LogP contribution in [0.2, 0.25) is 5.02 Å². The van der Waals surface area contributed by atoms with E-state index in [1.807, 2.05) is 42.7 Å². The normalized spacial score (nSPS) is 21.9. The molecule has 1 aliphatic carbocycles. The zero-order chi connectivity index (χ0) is 21.4. The fraction of sp³-hybridized carbons (Fsp3) is 0.385. The summed E-state index contributed by atoms with van der Waals surface area (Å²) >= 11 is 6.28. The SMILES string of the molecule is Cc1cncc(CN2CCC(C3(F)c4ccc(Cl)cc4CCc4cccnc43)CC2)c1. The summed E-state index contributed by atoms with van der Waals surface area (Å²) < 4.78 is 17.3. The van der Waals surface area contributed by atoms with Crippen molar-refractivity contribution in [3.8, 4) is 0 Å². The molecule has 1 unspecified atom stereocenters. The van der Waals surface area contributed by atoms with Crippen LogP contribution in [0.5, 0.6) is 0 Å². The molecule has 1 saturated heterocycles. The third-order valence-corrected chi connectivity index (χ3v) is 7.08. The van der Waals surface area contributed by atoms with Crippen molar-refractivity contribution in [1.82, 2.24) is 14.9 Å². The van der Waals surface area contributed by atoms with Gasteiger partial charge in [-0.25, -0.2) is 4.39 Å². The van der Waals surface area contributed by atoms with E-state index in [-0.39, 0.29) is 5.92 Å². The van der Waals surface area contributed by atoms with Gasteiger partial charge < -0.3 is 0 Å². The Hall–Kier alpha value is -2.30. The van der Waals surface area contributed by atoms with Gasteiger partial charge in [0.25, 0.3) is 0 Å². The number of hydrogen-bond acceptors (Lipinski definition) is 3. The van der Waals surface area contributed by atoms with Crippen molar-refractivity contribution < 1.29 is 4.39 Å². The van der Waals surface area contributed by atoms with Crippen LogP contribution in [0.15, 0.2) is 55.0 Å². The highest BCUT2D eigenvalue weighted by atomic mass is 35.5. The molecule has 5 rings (SSSR count). The summed E-state index contributed by atoms with van der Waals surface area (Å²) in [6.45, 7) is 4.67. The molecule has 0 spiro atoms. The van der Waals surface area contributed by atoms with Gasteiger partial charge in [-0.05, 0) is 91.7 Å². The number of nitrogens with zero attached hydrogens (tertiary/aromatic N) is 3. The van der Waals surface area contributed by atoms with E-state index in [9.17, 15) is 0 Å². The first-order valence-corrected chi connectivity index (χ1v) is 11.5. The Morgan fingerprint density at radius 1 is 1.10 bits per heavy atom. The monoisotopic (exact) mass is 435 g/mol. The quantitative estimate of drug-likeness (QED) is 0.531. The highest BCUT2D eigenvalue weighted by Gasteiger charge is 2.48. The third kappa shape index (κ3) is 3.88. The zero-order valence-corrected chi connectivity index (χ0v) is 18.6. The number of aryl methyl sites for hydroxylation is 3. The lowest BCUT2D eigenvalue weighted by molar-refractivity contribution is 0.0564. The van der Waals surface area contributed by atoms with Gasteiger partial charge in [0.05, 0.1) is 5.69 Å². The molecule has 3 heterocycles. The van der Waals surface area contributed by atoms with Crippen LogP contribution in [0.25, 0.3) is 0 Å². The zero-order valence-electron chi connectivity index (χ0n) is 17.8. The third-order valence-electron chi connectivity index (χ3n) is 6.85. The number of pyridine rings is 2. The van der Waals surface area contributed by atoms with Crippen LogP contribution in [0.1, 0.15) is 46.4 Å². The van der Waals surface area contributed by atoms with Crippen LogP contribution >= 0.6 is 11.6 Å². The topological polar surface area (TPSA) is 29.0 Å². The predicted molar refractivity (Wildman–Crippen MR) is 122 cm³/mol. The predicted octanol–water partition coefficient (Wildman–Crippen LogP) is 5.66. The van der Waals surface area contributed by atoms with Gasteiger partial charge in [0.2, 0.25) is 0 Å². The Bertz CT molecular complexity index is 1090. The van der Waals surface area contributed by atoms with Crippen molar-refractivity contribution >= 4 is 11.6 Å². The van der Waals surface area contributed by atoms with Crippen molar-refractivity contribution in [2.24, 2.45) is 5.92 Å². The lowest BCUT2D eigenvalue weighted by Crippen LogP contribution is -2.42. The first-order chi connectivity index (χ1) is 15.0. The van der Waals surface area contributed by atoms with Crippen molar-refractivity contribution in [3.05, 3.63) is 93.5 Å². The highest BCUT2D eigenvalue weighted by molar-refractivity contribution is 6.30. The van der Waals surface area contributed by atoms with Gasteiger partial charge in [-0.1, -0.05) is 29.8 Å². The van der Waals surface area contributed by atoms with Gasteiger partial charge >= 0.3 is 0 Å². The summed E-state index contributed by atoms with van der Waals surface area (Å²) in [4.78, 5) is 11.3. The average Bonchev–Trinajstić information content (AvgIpc) is 2.90. The summed E-state index contributed by atoms with van der Waals surface area (Å²) in [5, 5.41) is 0.668. The van der Waals surface area contributed by atoms with Crippen molar-refractivity contribution in [2.75, 3.05) is 13.1 Å². The van der Waals surface area contributed by atoms with E-state index in [0.29, 0.717) is 10.7 Å². The molecule has 1 fully saturated rings. The summed E-state index contributed by atoms with van der Waals surface area (Å²) in [6, 6.07) is 11.8. The Balaban J connectivity index is 1.44. The number of hydrogen-bond donors (Lipinski definition) is 0. The summed E-state index contributed by atoms with van der Waals surface area (Å²) in [7, 11) is 0. The van der Waals surface area contributed by atoms with Gasteiger partial charge in [0.1, 0.15) is 0 Å². The molecule has 3 nitrogen and oxygen atoms in total. The van der Waals surface area contributed by atoms with Gasteiger partial charge in [-0.15, -0.1) is 0 Å². The van der Waals surface area contributed by atoms with Gasteiger partial charge in [-0.3, -0.25) is 14.9 Å². The number of piperidine rings is 1. The lowest BCUT2D eigenvalue weighted by Gasteiger charge is -2.40. The van der Waals surface area contributed by atoms with Crippen LogP contribution in [0.3, 0.4) is 0 Å². The first-order valence-electron chi connectivity index (χ1n) is 11.1. The summed E-state index contributed by atoms with van der Waals surface area (Å²) in [5.74, 6) is -0.106. The number of benzene rings is 1. The maximum atomic E-state index is 17.3. The average molecular weight is 436 g/mol. The van der Waals surface area contributed by atoms with Gasteiger partial charge in [-0.2, -0.15) is 0 Å². The number of rotatable bonds is 3. The van der Waals surface area contributed by atoms with Crippen molar-refractivity contribution in [2.45, 2.75) is 44.8 Å². The Morgan fingerprint density at radius 2 is 1.90 bits per heavy atom. The van der Waals surface area contributed by atoms with Crippen molar-refractivity contribution in [1.29, 1.82) is 0 Å². The van der Waals surface area contributed by atoms with E-state index in [2.05, 4.69) is 27.9 Å². The van der Waals surface area contributed by atoms with E-state index in [0.717, 1.165) is 62.0 Å². The fourth-order valence-electron chi connectivity index (χ4n) is 5.35. The maximum Gasteiger partial charge on any atom is 0.181 e. The molecule has 2 aromatic heterocycles. The largest absolute Gasteiger partial charge is 0.299 e. The lowest BCUT2D eigenvalue weighted by atomic mass is 9.74. The molecule has 0 radical (unpaired) electrons. The van der Waals surface area contributed by atoms with Gasteiger partial charge in [0.15, 0.2) is 5.67 Å². The molecule has 0 amide bonds. The number of aromatic nitrogens is 2. The highest BCUT2D eigenvalue weighted by Crippen LogP contribution is 2.49. The Labute approximate surface area is 188 Å². The number of fused-ring (bicyclic) bond motifs is 2. The minimum Gasteiger partial charge on any atom is -0.299 e. The molecule has 5 heteroatoms. The molecular weight excluding hydrogens is 409 g/mol. The second-order valence-electron chi connectivity index (χ2n) is 8.95. The Kier molecular flexibility index (Phi) is 5.53. The van der Waals surface area contributed by atoms with Gasteiger partial charge in [0, 0.05) is 36.1 Å². The molecule has 0 saturated carbocycles. The second kappa shape index (κ2) is 8.33. The summed E-state index contributed by atoms with van der Waals surface area (Å²) in [5.41, 5.74) is 4.21. The summed E-state index contributed by atoms with van der Waals surface area (Å²) in [6.07, 6.45) is 8.72. The fourth-order valence-corrected chi connectivity index (χ4v) is 5.55. The standard InChI is InChI=1S/C26H27ClFN3/c1-18-13-19(16-29-15-18)17-31-11-8-22(9-12-31)26(28)24-7-6-23(27)14-21(24)5-4-20-3-2-10-30-25(20)26/h2-3,6-7,10,13-16,22H,4-5,8-9,11-12,17H2,1H3. The molecule has 2 aliphatic rings. The van der Waals surface area contributed by atoms with Crippen molar-refractivity contribution in [3.63, 3.8) is 0 Å². The van der Waals surface area contributed by atoms with Crippen LogP contribution in [-0.4, -0.2) is 28.0 Å².